The average molecular weight is 238 g/mol. The highest BCUT2D eigenvalue weighted by Gasteiger charge is 2.05. The number of nitrogens with two attached hydrogens (primary N) is 1. The van der Waals surface area contributed by atoms with Gasteiger partial charge < -0.3 is 5.73 Å². The van der Waals surface area contributed by atoms with E-state index in [0.29, 0.717) is 5.82 Å². The van der Waals surface area contributed by atoms with Crippen molar-refractivity contribution in [1.29, 1.82) is 0 Å². The molecule has 1 aromatic heterocycles. The third kappa shape index (κ3) is 1.27. The Labute approximate surface area is 84.1 Å². The number of fused-ring (bicyclic) bond motifs is 1. The minimum absolute atomic E-state index is 0.531. The number of hydrogen-bond donors (Lipinski definition) is 1. The molecule has 1 aromatic carbocycles. The minimum atomic E-state index is 0.531. The first kappa shape index (κ1) is 8.44. The van der Waals surface area contributed by atoms with E-state index in [4.69, 9.17) is 5.73 Å². The summed E-state index contributed by atoms with van der Waals surface area (Å²) in [5, 5.41) is 0.928. The molecular weight excluding hydrogens is 230 g/mol. The van der Waals surface area contributed by atoms with Crippen LogP contribution in [0.25, 0.3) is 10.9 Å². The molecule has 13 heavy (non-hydrogen) atoms. The first-order valence-corrected chi connectivity index (χ1v) is 4.64. The highest BCUT2D eigenvalue weighted by Crippen LogP contribution is 2.26. The third-order valence-electron chi connectivity index (χ3n) is 2.03. The van der Waals surface area contributed by atoms with Crippen molar-refractivity contribution in [2.75, 3.05) is 5.73 Å². The van der Waals surface area contributed by atoms with E-state index in [1.807, 2.05) is 19.1 Å². The van der Waals surface area contributed by atoms with Crippen molar-refractivity contribution in [3.8, 4) is 0 Å². The minimum Gasteiger partial charge on any atom is -0.383 e. The van der Waals surface area contributed by atoms with E-state index in [2.05, 4.69) is 25.9 Å². The summed E-state index contributed by atoms with van der Waals surface area (Å²) >= 11 is 3.44. The smallest absolute Gasteiger partial charge is 0.135 e. The third-order valence-corrected chi connectivity index (χ3v) is 2.89. The van der Waals surface area contributed by atoms with Gasteiger partial charge in [-0.15, -0.1) is 0 Å². The Morgan fingerprint density at radius 1 is 1.31 bits per heavy atom. The number of aryl methyl sites for hydroxylation is 1. The molecule has 2 aromatic rings. The summed E-state index contributed by atoms with van der Waals surface area (Å²) in [5.41, 5.74) is 7.72. The van der Waals surface area contributed by atoms with Gasteiger partial charge >= 0.3 is 0 Å². The number of aromatic nitrogens is 2. The molecule has 0 saturated carbocycles. The van der Waals surface area contributed by atoms with Crippen LogP contribution in [-0.2, 0) is 0 Å². The molecule has 3 nitrogen and oxygen atoms in total. The van der Waals surface area contributed by atoms with Gasteiger partial charge in [-0.3, -0.25) is 0 Å². The van der Waals surface area contributed by atoms with Gasteiger partial charge in [0.2, 0.25) is 0 Å². The van der Waals surface area contributed by atoms with Gasteiger partial charge in [0, 0.05) is 9.86 Å². The fourth-order valence-corrected chi connectivity index (χ4v) is 1.65. The van der Waals surface area contributed by atoms with Crippen LogP contribution < -0.4 is 5.73 Å². The summed E-state index contributed by atoms with van der Waals surface area (Å²) in [4.78, 5) is 8.09. The second-order valence-corrected chi connectivity index (χ2v) is 3.68. The first-order valence-electron chi connectivity index (χ1n) is 3.85. The van der Waals surface area contributed by atoms with Crippen molar-refractivity contribution < 1.29 is 0 Å². The predicted molar refractivity (Wildman–Crippen MR) is 56.4 cm³/mol. The van der Waals surface area contributed by atoms with Crippen molar-refractivity contribution in [2.45, 2.75) is 6.92 Å². The molecule has 0 aliphatic carbocycles. The number of halogens is 1. The molecule has 2 N–H and O–H groups in total. The van der Waals surface area contributed by atoms with Crippen molar-refractivity contribution in [2.24, 2.45) is 0 Å². The van der Waals surface area contributed by atoms with Crippen molar-refractivity contribution in [3.63, 3.8) is 0 Å². The zero-order valence-corrected chi connectivity index (χ0v) is 8.67. The fraction of sp³-hybridized carbons (Fsp3) is 0.111. The van der Waals surface area contributed by atoms with Gasteiger partial charge in [0.05, 0.1) is 5.52 Å². The summed E-state index contributed by atoms with van der Waals surface area (Å²) in [7, 11) is 0. The van der Waals surface area contributed by atoms with Crippen molar-refractivity contribution in [3.05, 3.63) is 28.5 Å². The van der Waals surface area contributed by atoms with Gasteiger partial charge in [0.25, 0.3) is 0 Å². The molecule has 0 fully saturated rings. The average Bonchev–Trinajstić information content (AvgIpc) is 2.12. The summed E-state index contributed by atoms with van der Waals surface area (Å²) in [5.74, 6) is 0.531. The van der Waals surface area contributed by atoms with Crippen LogP contribution in [0.1, 0.15) is 5.56 Å². The topological polar surface area (TPSA) is 51.8 Å². The molecule has 0 saturated heterocycles. The zero-order valence-electron chi connectivity index (χ0n) is 7.08. The standard InChI is InChI=1S/C9H8BrN3/c1-5-6(10)2-3-7-8(5)9(11)13-4-12-7/h2-4H,1H3,(H2,11,12,13). The summed E-state index contributed by atoms with van der Waals surface area (Å²) < 4.78 is 1.03. The van der Waals surface area contributed by atoms with E-state index in [1.54, 1.807) is 0 Å². The molecule has 0 unspecified atom stereocenters. The van der Waals surface area contributed by atoms with Crippen LogP contribution >= 0.6 is 15.9 Å². The maximum atomic E-state index is 5.75. The SMILES string of the molecule is Cc1c(Br)ccc2ncnc(N)c12. The number of nitrogen functional groups attached to an aromatic ring is 1. The fourth-order valence-electron chi connectivity index (χ4n) is 1.32. The Hall–Kier alpha value is -1.16. The summed E-state index contributed by atoms with van der Waals surface area (Å²) in [6.45, 7) is 1.99. The number of hydrogen-bond acceptors (Lipinski definition) is 3. The maximum Gasteiger partial charge on any atom is 0.135 e. The lowest BCUT2D eigenvalue weighted by molar-refractivity contribution is 1.22. The van der Waals surface area contributed by atoms with Crippen LogP contribution in [0.3, 0.4) is 0 Å². The molecule has 0 bridgehead atoms. The largest absolute Gasteiger partial charge is 0.383 e. The van der Waals surface area contributed by atoms with Crippen molar-refractivity contribution in [1.82, 2.24) is 9.97 Å². The zero-order chi connectivity index (χ0) is 9.42. The van der Waals surface area contributed by atoms with Gasteiger partial charge in [0.15, 0.2) is 0 Å². The van der Waals surface area contributed by atoms with Gasteiger partial charge in [-0.2, -0.15) is 0 Å². The van der Waals surface area contributed by atoms with Gasteiger partial charge in [-0.1, -0.05) is 15.9 Å². The Kier molecular flexibility index (Phi) is 1.92. The Balaban J connectivity index is 2.97. The number of nitrogens with zero attached hydrogens (tertiary/aromatic N) is 2. The molecule has 4 heteroatoms. The molecule has 0 aliphatic heterocycles. The molecule has 2 rings (SSSR count). The van der Waals surface area contributed by atoms with Crippen LogP contribution in [-0.4, -0.2) is 9.97 Å². The molecule has 0 spiro atoms. The van der Waals surface area contributed by atoms with Gasteiger partial charge in [-0.05, 0) is 24.6 Å². The molecule has 0 radical (unpaired) electrons. The van der Waals surface area contributed by atoms with E-state index < -0.39 is 0 Å². The Morgan fingerprint density at radius 2 is 2.08 bits per heavy atom. The Bertz CT molecular complexity index is 468. The van der Waals surface area contributed by atoms with E-state index in [0.717, 1.165) is 20.9 Å². The quantitative estimate of drug-likeness (QED) is 0.765. The molecule has 1 heterocycles. The lowest BCUT2D eigenvalue weighted by Gasteiger charge is -2.04. The maximum absolute atomic E-state index is 5.75. The van der Waals surface area contributed by atoms with Crippen molar-refractivity contribution >= 4 is 32.7 Å². The summed E-state index contributed by atoms with van der Waals surface area (Å²) in [6, 6.07) is 3.88. The van der Waals surface area contributed by atoms with Gasteiger partial charge in [0.1, 0.15) is 12.1 Å². The highest BCUT2D eigenvalue weighted by molar-refractivity contribution is 9.10. The predicted octanol–water partition coefficient (Wildman–Crippen LogP) is 2.28. The van der Waals surface area contributed by atoms with Gasteiger partial charge in [-0.25, -0.2) is 9.97 Å². The molecular formula is C9H8BrN3. The van der Waals surface area contributed by atoms with Crippen LogP contribution in [0.5, 0.6) is 0 Å². The number of anilines is 1. The lowest BCUT2D eigenvalue weighted by Crippen LogP contribution is -1.95. The van der Waals surface area contributed by atoms with Crippen LogP contribution in [0.15, 0.2) is 22.9 Å². The highest BCUT2D eigenvalue weighted by atomic mass is 79.9. The van der Waals surface area contributed by atoms with Crippen LogP contribution in [0, 0.1) is 6.92 Å². The van der Waals surface area contributed by atoms with E-state index in [-0.39, 0.29) is 0 Å². The number of benzene rings is 1. The number of rotatable bonds is 0. The summed E-state index contributed by atoms with van der Waals surface area (Å²) in [6.07, 6.45) is 1.48. The molecule has 0 aliphatic rings. The Morgan fingerprint density at radius 3 is 2.85 bits per heavy atom. The molecule has 0 atom stereocenters. The van der Waals surface area contributed by atoms with E-state index >= 15 is 0 Å². The second kappa shape index (κ2) is 2.96. The van der Waals surface area contributed by atoms with E-state index in [9.17, 15) is 0 Å². The lowest BCUT2D eigenvalue weighted by atomic mass is 10.1. The molecule has 0 amide bonds. The first-order chi connectivity index (χ1) is 6.20. The van der Waals surface area contributed by atoms with E-state index in [1.165, 1.54) is 6.33 Å². The van der Waals surface area contributed by atoms with Crippen LogP contribution in [0.4, 0.5) is 5.82 Å². The molecule has 66 valence electrons. The van der Waals surface area contributed by atoms with Crippen LogP contribution in [0.2, 0.25) is 0 Å². The monoisotopic (exact) mass is 237 g/mol. The normalized spacial score (nSPS) is 10.6. The second-order valence-electron chi connectivity index (χ2n) is 2.83.